The van der Waals surface area contributed by atoms with Crippen LogP contribution >= 0.6 is 0 Å². The zero-order valence-corrected chi connectivity index (χ0v) is 11.3. The van der Waals surface area contributed by atoms with Crippen LogP contribution in [0.1, 0.15) is 28.7 Å². The van der Waals surface area contributed by atoms with Gasteiger partial charge in [-0.1, -0.05) is 73.8 Å². The smallest absolute Gasteiger partial charge is 0.0260 e. The highest BCUT2D eigenvalue weighted by atomic mass is 14.0. The zero-order valence-electron chi connectivity index (χ0n) is 11.3. The largest absolute Gasteiger partial charge is 0.0985 e. The van der Waals surface area contributed by atoms with Gasteiger partial charge in [0.15, 0.2) is 0 Å². The van der Waals surface area contributed by atoms with Crippen LogP contribution in [0.3, 0.4) is 0 Å². The topological polar surface area (TPSA) is 0 Å². The Kier molecular flexibility index (Phi) is 4.74. The van der Waals surface area contributed by atoms with E-state index in [4.69, 9.17) is 0 Å². The van der Waals surface area contributed by atoms with Crippen molar-refractivity contribution in [3.63, 3.8) is 0 Å². The molecule has 0 unspecified atom stereocenters. The predicted octanol–water partition coefficient (Wildman–Crippen LogP) is 5.15. The molecule has 0 radical (unpaired) electrons. The molecule has 96 valence electrons. The van der Waals surface area contributed by atoms with Gasteiger partial charge in [-0.15, -0.1) is 0 Å². The molecule has 0 bridgehead atoms. The Balaban J connectivity index is 1.88. The summed E-state index contributed by atoms with van der Waals surface area (Å²) in [6.07, 6.45) is 7.19. The Morgan fingerprint density at radius 1 is 0.737 bits per heavy atom. The standard InChI is InChI=1S/C19H20/c1-3-16-11-13-18(14-12-16)8-6-10-19-9-5-7-17(4-2)15-19/h3-5,7,9,11-15H,1-2,6,8,10H2. The quantitative estimate of drug-likeness (QED) is 0.663. The molecule has 0 fully saturated rings. The third kappa shape index (κ3) is 3.96. The first-order valence-corrected chi connectivity index (χ1v) is 6.74. The lowest BCUT2D eigenvalue weighted by molar-refractivity contribution is 0.820. The zero-order chi connectivity index (χ0) is 13.5. The molecule has 0 heterocycles. The summed E-state index contributed by atoms with van der Waals surface area (Å²) >= 11 is 0. The second kappa shape index (κ2) is 6.75. The number of hydrogen-bond acceptors (Lipinski definition) is 0. The van der Waals surface area contributed by atoms with E-state index < -0.39 is 0 Å². The van der Waals surface area contributed by atoms with Gasteiger partial charge in [0, 0.05) is 0 Å². The molecule has 0 amide bonds. The van der Waals surface area contributed by atoms with Crippen LogP contribution in [-0.4, -0.2) is 0 Å². The van der Waals surface area contributed by atoms with Crippen molar-refractivity contribution < 1.29 is 0 Å². The minimum absolute atomic E-state index is 1.12. The lowest BCUT2D eigenvalue weighted by atomic mass is 10.0. The molecule has 2 aromatic rings. The Hall–Kier alpha value is -2.08. The molecule has 0 saturated heterocycles. The van der Waals surface area contributed by atoms with Crippen molar-refractivity contribution in [3.05, 3.63) is 83.9 Å². The van der Waals surface area contributed by atoms with Crippen molar-refractivity contribution in [1.82, 2.24) is 0 Å². The van der Waals surface area contributed by atoms with Gasteiger partial charge in [0.05, 0.1) is 0 Å². The Morgan fingerprint density at radius 3 is 2.11 bits per heavy atom. The summed E-state index contributed by atoms with van der Waals surface area (Å²) < 4.78 is 0. The van der Waals surface area contributed by atoms with E-state index in [1.54, 1.807) is 0 Å². The molecule has 2 rings (SSSR count). The van der Waals surface area contributed by atoms with Crippen molar-refractivity contribution in [1.29, 1.82) is 0 Å². The van der Waals surface area contributed by atoms with E-state index in [1.165, 1.54) is 28.7 Å². The van der Waals surface area contributed by atoms with Gasteiger partial charge in [-0.2, -0.15) is 0 Å². The summed E-state index contributed by atoms with van der Waals surface area (Å²) in [5.74, 6) is 0. The van der Waals surface area contributed by atoms with Crippen LogP contribution in [0.5, 0.6) is 0 Å². The summed E-state index contributed by atoms with van der Waals surface area (Å²) in [6.45, 7) is 7.58. The van der Waals surface area contributed by atoms with Crippen LogP contribution in [0.25, 0.3) is 12.2 Å². The lowest BCUT2D eigenvalue weighted by Crippen LogP contribution is -1.90. The normalized spacial score (nSPS) is 10.1. The monoisotopic (exact) mass is 248 g/mol. The molecule has 0 aliphatic rings. The van der Waals surface area contributed by atoms with E-state index in [0.717, 1.165) is 12.8 Å². The minimum atomic E-state index is 1.12. The molecule has 19 heavy (non-hydrogen) atoms. The summed E-state index contributed by atoms with van der Waals surface area (Å²) in [5.41, 5.74) is 5.17. The molecule has 2 aromatic carbocycles. The fraction of sp³-hybridized carbons (Fsp3) is 0.158. The second-order valence-corrected chi connectivity index (χ2v) is 4.75. The minimum Gasteiger partial charge on any atom is -0.0985 e. The fourth-order valence-corrected chi connectivity index (χ4v) is 2.19. The Bertz CT molecular complexity index is 547. The van der Waals surface area contributed by atoms with Crippen molar-refractivity contribution in [3.8, 4) is 0 Å². The Morgan fingerprint density at radius 2 is 1.42 bits per heavy atom. The van der Waals surface area contributed by atoms with Crippen LogP contribution in [0.2, 0.25) is 0 Å². The fourth-order valence-electron chi connectivity index (χ4n) is 2.19. The Labute approximate surface area is 116 Å². The maximum Gasteiger partial charge on any atom is -0.0260 e. The van der Waals surface area contributed by atoms with Gasteiger partial charge in [0.2, 0.25) is 0 Å². The molecule has 0 spiro atoms. The van der Waals surface area contributed by atoms with Crippen molar-refractivity contribution in [2.75, 3.05) is 0 Å². The molecule has 0 atom stereocenters. The van der Waals surface area contributed by atoms with Crippen LogP contribution in [-0.2, 0) is 12.8 Å². The number of hydrogen-bond donors (Lipinski definition) is 0. The molecule has 0 aliphatic carbocycles. The molecule has 0 nitrogen and oxygen atoms in total. The van der Waals surface area contributed by atoms with Crippen LogP contribution in [0.4, 0.5) is 0 Å². The van der Waals surface area contributed by atoms with Gasteiger partial charge < -0.3 is 0 Å². The van der Waals surface area contributed by atoms with E-state index in [9.17, 15) is 0 Å². The predicted molar refractivity (Wildman–Crippen MR) is 85.1 cm³/mol. The van der Waals surface area contributed by atoms with Gasteiger partial charge in [-0.05, 0) is 41.5 Å². The van der Waals surface area contributed by atoms with Crippen LogP contribution in [0, 0.1) is 0 Å². The third-order valence-corrected chi connectivity index (χ3v) is 3.33. The summed E-state index contributed by atoms with van der Waals surface area (Å²) in [7, 11) is 0. The first kappa shape index (κ1) is 13.4. The first-order chi connectivity index (χ1) is 9.31. The van der Waals surface area contributed by atoms with Gasteiger partial charge >= 0.3 is 0 Å². The number of aryl methyl sites for hydroxylation is 2. The number of rotatable bonds is 6. The lowest BCUT2D eigenvalue weighted by Gasteiger charge is -2.04. The highest BCUT2D eigenvalue weighted by Gasteiger charge is 1.97. The van der Waals surface area contributed by atoms with E-state index >= 15 is 0 Å². The molecule has 0 aliphatic heterocycles. The maximum atomic E-state index is 3.81. The van der Waals surface area contributed by atoms with Crippen LogP contribution in [0.15, 0.2) is 61.7 Å². The van der Waals surface area contributed by atoms with Crippen LogP contribution < -0.4 is 0 Å². The van der Waals surface area contributed by atoms with Gasteiger partial charge in [-0.3, -0.25) is 0 Å². The van der Waals surface area contributed by atoms with Gasteiger partial charge in [0.1, 0.15) is 0 Å². The summed E-state index contributed by atoms with van der Waals surface area (Å²) in [5, 5.41) is 0. The molecular weight excluding hydrogens is 228 g/mol. The molecular formula is C19H20. The van der Waals surface area contributed by atoms with E-state index in [1.807, 2.05) is 12.2 Å². The highest BCUT2D eigenvalue weighted by Crippen LogP contribution is 2.12. The molecule has 0 saturated carbocycles. The molecule has 0 aromatic heterocycles. The average Bonchev–Trinajstić information content (AvgIpc) is 2.48. The number of benzene rings is 2. The van der Waals surface area contributed by atoms with Gasteiger partial charge in [0.25, 0.3) is 0 Å². The SMILES string of the molecule is C=Cc1ccc(CCCc2cccc(C=C)c2)cc1. The second-order valence-electron chi connectivity index (χ2n) is 4.75. The third-order valence-electron chi connectivity index (χ3n) is 3.33. The molecule has 0 heteroatoms. The van der Waals surface area contributed by atoms with Crippen molar-refractivity contribution in [2.45, 2.75) is 19.3 Å². The van der Waals surface area contributed by atoms with E-state index in [2.05, 4.69) is 61.7 Å². The maximum absolute atomic E-state index is 3.81. The first-order valence-electron chi connectivity index (χ1n) is 6.74. The van der Waals surface area contributed by atoms with Crippen molar-refractivity contribution in [2.24, 2.45) is 0 Å². The summed E-state index contributed by atoms with van der Waals surface area (Å²) in [4.78, 5) is 0. The van der Waals surface area contributed by atoms with Gasteiger partial charge in [-0.25, -0.2) is 0 Å². The average molecular weight is 248 g/mol. The molecule has 0 N–H and O–H groups in total. The van der Waals surface area contributed by atoms with E-state index in [0.29, 0.717) is 0 Å². The highest BCUT2D eigenvalue weighted by molar-refractivity contribution is 5.48. The van der Waals surface area contributed by atoms with Crippen molar-refractivity contribution >= 4 is 12.2 Å². The van der Waals surface area contributed by atoms with E-state index in [-0.39, 0.29) is 0 Å². The summed E-state index contributed by atoms with van der Waals surface area (Å²) in [6, 6.07) is 17.2.